The molecule has 90 valence electrons. The zero-order chi connectivity index (χ0) is 12.2. The lowest BCUT2D eigenvalue weighted by Crippen LogP contribution is -2.17. The highest BCUT2D eigenvalue weighted by atomic mass is 19.4. The van der Waals surface area contributed by atoms with Crippen LogP contribution in [0.3, 0.4) is 0 Å². The van der Waals surface area contributed by atoms with Crippen molar-refractivity contribution < 1.29 is 22.3 Å². The van der Waals surface area contributed by atoms with Gasteiger partial charge in [-0.1, -0.05) is 12.1 Å². The molecular weight excluding hydrogens is 226 g/mol. The first-order chi connectivity index (χ1) is 7.42. The van der Waals surface area contributed by atoms with Crippen LogP contribution < -0.4 is 10.5 Å². The molecule has 0 aromatic heterocycles. The summed E-state index contributed by atoms with van der Waals surface area (Å²) in [4.78, 5) is 0. The van der Waals surface area contributed by atoms with Gasteiger partial charge < -0.3 is 10.5 Å². The minimum Gasteiger partial charge on any atom is -0.406 e. The Bertz CT molecular complexity index is 340. The van der Waals surface area contributed by atoms with E-state index >= 15 is 0 Å². The number of ether oxygens (including phenoxy) is 1. The molecule has 0 aliphatic rings. The van der Waals surface area contributed by atoms with Crippen molar-refractivity contribution in [1.29, 1.82) is 0 Å². The van der Waals surface area contributed by atoms with Gasteiger partial charge in [0.25, 0.3) is 0 Å². The molecule has 0 heterocycles. The molecule has 1 aromatic rings. The molecule has 0 saturated carbocycles. The van der Waals surface area contributed by atoms with Crippen LogP contribution in [0.5, 0.6) is 5.75 Å². The highest BCUT2D eigenvalue weighted by Gasteiger charge is 2.31. The number of hydrogen-bond acceptors (Lipinski definition) is 2. The molecule has 0 aliphatic carbocycles. The highest BCUT2D eigenvalue weighted by molar-refractivity contribution is 5.30. The van der Waals surface area contributed by atoms with E-state index in [9.17, 15) is 17.6 Å². The summed E-state index contributed by atoms with van der Waals surface area (Å²) in [6.07, 6.45) is -6.07. The lowest BCUT2D eigenvalue weighted by atomic mass is 10.1. The van der Waals surface area contributed by atoms with Gasteiger partial charge in [0, 0.05) is 0 Å². The molecule has 1 rings (SSSR count). The number of halogens is 4. The number of benzene rings is 1. The Morgan fingerprint density at radius 2 is 2.00 bits per heavy atom. The predicted octanol–water partition coefficient (Wildman–Crippen LogP) is 2.94. The lowest BCUT2D eigenvalue weighted by molar-refractivity contribution is -0.274. The summed E-state index contributed by atoms with van der Waals surface area (Å²) in [6.45, 7) is 0.130. The Hall–Kier alpha value is -1.30. The number of rotatable bonds is 4. The maximum absolute atomic E-state index is 13.3. The van der Waals surface area contributed by atoms with Gasteiger partial charge in [-0.15, -0.1) is 13.2 Å². The van der Waals surface area contributed by atoms with Crippen molar-refractivity contribution in [2.24, 2.45) is 5.73 Å². The predicted molar refractivity (Wildman–Crippen MR) is 50.6 cm³/mol. The maximum Gasteiger partial charge on any atom is 0.573 e. The van der Waals surface area contributed by atoms with Gasteiger partial charge >= 0.3 is 6.36 Å². The van der Waals surface area contributed by atoms with Gasteiger partial charge in [0.1, 0.15) is 11.9 Å². The van der Waals surface area contributed by atoms with Crippen molar-refractivity contribution in [3.63, 3.8) is 0 Å². The first-order valence-corrected chi connectivity index (χ1v) is 4.62. The quantitative estimate of drug-likeness (QED) is 0.817. The van der Waals surface area contributed by atoms with E-state index in [-0.39, 0.29) is 18.5 Å². The fourth-order valence-corrected chi connectivity index (χ4v) is 1.22. The van der Waals surface area contributed by atoms with Crippen molar-refractivity contribution in [1.82, 2.24) is 0 Å². The average Bonchev–Trinajstić information content (AvgIpc) is 2.16. The first kappa shape index (κ1) is 12.8. The van der Waals surface area contributed by atoms with Crippen LogP contribution in [0.15, 0.2) is 24.3 Å². The largest absolute Gasteiger partial charge is 0.573 e. The van der Waals surface area contributed by atoms with Crippen LogP contribution >= 0.6 is 0 Å². The van der Waals surface area contributed by atoms with Crippen molar-refractivity contribution in [2.45, 2.75) is 19.0 Å². The Morgan fingerprint density at radius 1 is 1.31 bits per heavy atom. The smallest absolute Gasteiger partial charge is 0.406 e. The van der Waals surface area contributed by atoms with Gasteiger partial charge in [-0.3, -0.25) is 0 Å². The Morgan fingerprint density at radius 3 is 2.56 bits per heavy atom. The Labute approximate surface area is 90.0 Å². The molecule has 0 bridgehead atoms. The standard InChI is InChI=1S/C10H11F4NO/c11-9(4-5-15)7-2-1-3-8(6-7)16-10(12,13)14/h1-3,6,9H,4-5,15H2. The lowest BCUT2D eigenvalue weighted by Gasteiger charge is -2.11. The summed E-state index contributed by atoms with van der Waals surface area (Å²) in [6, 6.07) is 4.84. The monoisotopic (exact) mass is 237 g/mol. The SMILES string of the molecule is NCCC(F)c1cccc(OC(F)(F)F)c1. The molecule has 1 atom stereocenters. The van der Waals surface area contributed by atoms with Gasteiger partial charge in [0.2, 0.25) is 0 Å². The third-order valence-electron chi connectivity index (χ3n) is 1.87. The third-order valence-corrected chi connectivity index (χ3v) is 1.87. The van der Waals surface area contributed by atoms with Crippen LogP contribution in [0.1, 0.15) is 18.2 Å². The molecule has 0 spiro atoms. The zero-order valence-electron chi connectivity index (χ0n) is 8.30. The first-order valence-electron chi connectivity index (χ1n) is 4.62. The van der Waals surface area contributed by atoms with Crippen molar-refractivity contribution in [2.75, 3.05) is 6.54 Å². The molecule has 16 heavy (non-hydrogen) atoms. The van der Waals surface area contributed by atoms with E-state index in [1.807, 2.05) is 0 Å². The summed E-state index contributed by atoms with van der Waals surface area (Å²) in [5.41, 5.74) is 5.29. The molecule has 2 nitrogen and oxygen atoms in total. The number of hydrogen-bond donors (Lipinski definition) is 1. The average molecular weight is 237 g/mol. The summed E-state index contributed by atoms with van der Waals surface area (Å²) in [7, 11) is 0. The number of alkyl halides is 4. The second-order valence-corrected chi connectivity index (χ2v) is 3.17. The van der Waals surface area contributed by atoms with E-state index < -0.39 is 18.3 Å². The highest BCUT2D eigenvalue weighted by Crippen LogP contribution is 2.27. The third kappa shape index (κ3) is 4.06. The fraction of sp³-hybridized carbons (Fsp3) is 0.400. The van der Waals surface area contributed by atoms with Crippen LogP contribution in [0.25, 0.3) is 0 Å². The van der Waals surface area contributed by atoms with E-state index in [0.29, 0.717) is 0 Å². The summed E-state index contributed by atoms with van der Waals surface area (Å²) in [5, 5.41) is 0. The van der Waals surface area contributed by atoms with E-state index in [1.165, 1.54) is 12.1 Å². The number of nitrogens with two attached hydrogens (primary N) is 1. The van der Waals surface area contributed by atoms with Gasteiger partial charge in [0.05, 0.1) is 0 Å². The minimum absolute atomic E-state index is 0.0650. The van der Waals surface area contributed by atoms with E-state index in [0.717, 1.165) is 12.1 Å². The normalized spacial score (nSPS) is 13.6. The minimum atomic E-state index is -4.77. The topological polar surface area (TPSA) is 35.2 Å². The molecule has 1 unspecified atom stereocenters. The van der Waals surface area contributed by atoms with Gasteiger partial charge in [0.15, 0.2) is 0 Å². The molecule has 0 amide bonds. The zero-order valence-corrected chi connectivity index (χ0v) is 8.30. The van der Waals surface area contributed by atoms with Crippen LogP contribution in [-0.4, -0.2) is 12.9 Å². The van der Waals surface area contributed by atoms with Crippen molar-refractivity contribution in [3.05, 3.63) is 29.8 Å². The van der Waals surface area contributed by atoms with E-state index in [1.54, 1.807) is 0 Å². The van der Waals surface area contributed by atoms with Gasteiger partial charge in [-0.2, -0.15) is 0 Å². The molecule has 0 radical (unpaired) electrons. The van der Waals surface area contributed by atoms with Crippen LogP contribution in [0, 0.1) is 0 Å². The van der Waals surface area contributed by atoms with Crippen LogP contribution in [0.4, 0.5) is 17.6 Å². The van der Waals surface area contributed by atoms with E-state index in [4.69, 9.17) is 5.73 Å². The van der Waals surface area contributed by atoms with E-state index in [2.05, 4.69) is 4.74 Å². The molecule has 0 saturated heterocycles. The van der Waals surface area contributed by atoms with Crippen molar-refractivity contribution >= 4 is 0 Å². The Kier molecular flexibility index (Phi) is 4.12. The summed E-state index contributed by atoms with van der Waals surface area (Å²) < 4.78 is 52.7. The molecule has 1 aromatic carbocycles. The summed E-state index contributed by atoms with van der Waals surface area (Å²) >= 11 is 0. The second-order valence-electron chi connectivity index (χ2n) is 3.17. The molecule has 0 fully saturated rings. The van der Waals surface area contributed by atoms with Crippen molar-refractivity contribution in [3.8, 4) is 5.75 Å². The van der Waals surface area contributed by atoms with Gasteiger partial charge in [-0.05, 0) is 30.7 Å². The van der Waals surface area contributed by atoms with Gasteiger partial charge in [-0.25, -0.2) is 4.39 Å². The fourth-order valence-electron chi connectivity index (χ4n) is 1.22. The molecular formula is C10H11F4NO. The maximum atomic E-state index is 13.3. The molecule has 6 heteroatoms. The van der Waals surface area contributed by atoms with Crippen LogP contribution in [0.2, 0.25) is 0 Å². The summed E-state index contributed by atoms with van der Waals surface area (Å²) in [5.74, 6) is -0.426. The molecule has 0 aliphatic heterocycles. The Balaban J connectivity index is 2.78. The molecule has 2 N–H and O–H groups in total. The second kappa shape index (κ2) is 5.16. The van der Waals surface area contributed by atoms with Crippen LogP contribution in [-0.2, 0) is 0 Å².